The van der Waals surface area contributed by atoms with E-state index in [-0.39, 0.29) is 0 Å². The number of hydrogen-bond acceptors (Lipinski definition) is 3. The summed E-state index contributed by atoms with van der Waals surface area (Å²) in [6, 6.07) is 0. The van der Waals surface area contributed by atoms with Crippen molar-refractivity contribution in [2.45, 2.75) is 25.8 Å². The molecule has 2 heterocycles. The van der Waals surface area contributed by atoms with Crippen molar-refractivity contribution in [1.82, 2.24) is 14.5 Å². The Labute approximate surface area is 89.9 Å². The molecule has 0 atom stereocenters. The van der Waals surface area contributed by atoms with Gasteiger partial charge in [-0.25, -0.2) is 4.98 Å². The predicted molar refractivity (Wildman–Crippen MR) is 57.9 cm³/mol. The zero-order chi connectivity index (χ0) is 10.5. The van der Waals surface area contributed by atoms with Crippen LogP contribution in [-0.2, 0) is 6.54 Å². The second-order valence-electron chi connectivity index (χ2n) is 4.00. The van der Waals surface area contributed by atoms with Crippen LogP contribution in [0.3, 0.4) is 0 Å². The molecular weight excluding hydrogens is 190 g/mol. The van der Waals surface area contributed by atoms with Gasteiger partial charge in [0, 0.05) is 18.9 Å². The summed E-state index contributed by atoms with van der Waals surface area (Å²) in [5.41, 5.74) is 0. The van der Waals surface area contributed by atoms with E-state index in [9.17, 15) is 4.79 Å². The van der Waals surface area contributed by atoms with Crippen molar-refractivity contribution in [3.8, 4) is 0 Å². The van der Waals surface area contributed by atoms with E-state index < -0.39 is 0 Å². The van der Waals surface area contributed by atoms with E-state index in [0.717, 1.165) is 25.8 Å². The van der Waals surface area contributed by atoms with Gasteiger partial charge in [0.1, 0.15) is 0 Å². The molecule has 2 rings (SSSR count). The van der Waals surface area contributed by atoms with Crippen molar-refractivity contribution in [3.05, 3.63) is 18.2 Å². The molecule has 82 valence electrons. The molecule has 0 aromatic carbocycles. The minimum atomic E-state index is 0.538. The molecule has 4 nitrogen and oxygen atoms in total. The summed E-state index contributed by atoms with van der Waals surface area (Å²) >= 11 is 0. The van der Waals surface area contributed by atoms with Crippen molar-refractivity contribution < 1.29 is 4.79 Å². The molecular formula is C11H17N3O. The highest BCUT2D eigenvalue weighted by Crippen LogP contribution is 2.08. The molecule has 15 heavy (non-hydrogen) atoms. The maximum Gasteiger partial charge on any atom is 0.185 e. The topological polar surface area (TPSA) is 38.1 Å². The van der Waals surface area contributed by atoms with Crippen LogP contribution < -0.4 is 0 Å². The van der Waals surface area contributed by atoms with Gasteiger partial charge in [-0.2, -0.15) is 0 Å². The number of aryl methyl sites for hydroxylation is 1. The molecule has 1 aliphatic heterocycles. The number of likely N-dealkylation sites (tertiary alicyclic amines) is 1. The summed E-state index contributed by atoms with van der Waals surface area (Å²) in [5.74, 6) is 0.538. The van der Waals surface area contributed by atoms with Crippen LogP contribution in [0.25, 0.3) is 0 Å². The Morgan fingerprint density at radius 1 is 1.33 bits per heavy atom. The summed E-state index contributed by atoms with van der Waals surface area (Å²) in [6.45, 7) is 4.51. The third-order valence-corrected chi connectivity index (χ3v) is 2.93. The number of nitrogens with zero attached hydrogens (tertiary/aromatic N) is 3. The van der Waals surface area contributed by atoms with Gasteiger partial charge in [-0.3, -0.25) is 4.79 Å². The van der Waals surface area contributed by atoms with E-state index >= 15 is 0 Å². The standard InChI is InChI=1S/C11H17N3O/c15-10-11-12-4-9-14(11)8-3-7-13-5-1-2-6-13/h4,9-10H,1-3,5-8H2. The molecule has 1 aliphatic rings. The van der Waals surface area contributed by atoms with Crippen molar-refractivity contribution in [2.75, 3.05) is 19.6 Å². The zero-order valence-electron chi connectivity index (χ0n) is 8.93. The zero-order valence-corrected chi connectivity index (χ0v) is 8.93. The van der Waals surface area contributed by atoms with E-state index in [1.54, 1.807) is 6.20 Å². The number of rotatable bonds is 5. The summed E-state index contributed by atoms with van der Waals surface area (Å²) in [5, 5.41) is 0. The largest absolute Gasteiger partial charge is 0.329 e. The van der Waals surface area contributed by atoms with E-state index in [1.807, 2.05) is 10.8 Å². The maximum atomic E-state index is 10.6. The quantitative estimate of drug-likeness (QED) is 0.680. The summed E-state index contributed by atoms with van der Waals surface area (Å²) < 4.78 is 1.92. The lowest BCUT2D eigenvalue weighted by atomic mass is 10.4. The first kappa shape index (κ1) is 10.4. The number of imidazole rings is 1. The monoisotopic (exact) mass is 207 g/mol. The van der Waals surface area contributed by atoms with Crippen molar-refractivity contribution in [1.29, 1.82) is 0 Å². The van der Waals surface area contributed by atoms with Crippen LogP contribution in [0.15, 0.2) is 12.4 Å². The number of carbonyl (C=O) groups is 1. The number of aldehydes is 1. The highest BCUT2D eigenvalue weighted by molar-refractivity contribution is 5.69. The smallest absolute Gasteiger partial charge is 0.185 e. The number of hydrogen-bond donors (Lipinski definition) is 0. The minimum Gasteiger partial charge on any atom is -0.329 e. The lowest BCUT2D eigenvalue weighted by Crippen LogP contribution is -2.21. The molecule has 0 amide bonds. The minimum absolute atomic E-state index is 0.538. The van der Waals surface area contributed by atoms with Gasteiger partial charge in [-0.15, -0.1) is 0 Å². The summed E-state index contributed by atoms with van der Waals surface area (Å²) in [4.78, 5) is 17.1. The van der Waals surface area contributed by atoms with Gasteiger partial charge in [0.25, 0.3) is 0 Å². The van der Waals surface area contributed by atoms with Crippen molar-refractivity contribution >= 4 is 6.29 Å². The van der Waals surface area contributed by atoms with Crippen LogP contribution in [0, 0.1) is 0 Å². The average Bonchev–Trinajstić information content (AvgIpc) is 2.88. The molecule has 1 fully saturated rings. The first-order valence-electron chi connectivity index (χ1n) is 5.59. The molecule has 0 spiro atoms. The Morgan fingerprint density at radius 3 is 2.87 bits per heavy atom. The van der Waals surface area contributed by atoms with E-state index in [2.05, 4.69) is 9.88 Å². The third-order valence-electron chi connectivity index (χ3n) is 2.93. The normalized spacial score (nSPS) is 17.1. The third kappa shape index (κ3) is 2.65. The molecule has 0 N–H and O–H groups in total. The van der Waals surface area contributed by atoms with Gasteiger partial charge in [-0.1, -0.05) is 0 Å². The number of aromatic nitrogens is 2. The molecule has 0 bridgehead atoms. The Hall–Kier alpha value is -1.16. The fraction of sp³-hybridized carbons (Fsp3) is 0.636. The lowest BCUT2D eigenvalue weighted by molar-refractivity contribution is 0.111. The fourth-order valence-corrected chi connectivity index (χ4v) is 2.10. The van der Waals surface area contributed by atoms with E-state index in [4.69, 9.17) is 0 Å². The summed E-state index contributed by atoms with van der Waals surface area (Å²) in [7, 11) is 0. The molecule has 4 heteroatoms. The Kier molecular flexibility index (Phi) is 3.50. The van der Waals surface area contributed by atoms with Crippen LogP contribution in [0.5, 0.6) is 0 Å². The van der Waals surface area contributed by atoms with Crippen LogP contribution in [0.2, 0.25) is 0 Å². The Balaban J connectivity index is 1.75. The van der Waals surface area contributed by atoms with Gasteiger partial charge >= 0.3 is 0 Å². The molecule has 0 aliphatic carbocycles. The Bertz CT molecular complexity index is 315. The fourth-order valence-electron chi connectivity index (χ4n) is 2.10. The SMILES string of the molecule is O=Cc1nccn1CCCN1CCCC1. The maximum absolute atomic E-state index is 10.6. The molecule has 1 aromatic heterocycles. The van der Waals surface area contributed by atoms with Crippen LogP contribution >= 0.6 is 0 Å². The van der Waals surface area contributed by atoms with Crippen molar-refractivity contribution in [2.24, 2.45) is 0 Å². The number of carbonyl (C=O) groups excluding carboxylic acids is 1. The van der Waals surface area contributed by atoms with Crippen LogP contribution in [-0.4, -0.2) is 40.4 Å². The van der Waals surface area contributed by atoms with Gasteiger partial charge in [0.15, 0.2) is 12.1 Å². The molecule has 0 unspecified atom stereocenters. The molecule has 1 aromatic rings. The predicted octanol–water partition coefficient (Wildman–Crippen LogP) is 1.18. The molecule has 0 saturated carbocycles. The first-order chi connectivity index (χ1) is 7.40. The molecule has 0 radical (unpaired) electrons. The van der Waals surface area contributed by atoms with Crippen LogP contribution in [0.1, 0.15) is 29.9 Å². The van der Waals surface area contributed by atoms with Crippen molar-refractivity contribution in [3.63, 3.8) is 0 Å². The summed E-state index contributed by atoms with van der Waals surface area (Å²) in [6.07, 6.45) is 8.13. The molecule has 1 saturated heterocycles. The van der Waals surface area contributed by atoms with Gasteiger partial charge < -0.3 is 9.47 Å². The van der Waals surface area contributed by atoms with E-state index in [0.29, 0.717) is 5.82 Å². The average molecular weight is 207 g/mol. The highest BCUT2D eigenvalue weighted by Gasteiger charge is 2.10. The lowest BCUT2D eigenvalue weighted by Gasteiger charge is -2.14. The second-order valence-corrected chi connectivity index (χ2v) is 4.00. The Morgan fingerprint density at radius 2 is 2.13 bits per heavy atom. The van der Waals surface area contributed by atoms with Gasteiger partial charge in [0.2, 0.25) is 0 Å². The van der Waals surface area contributed by atoms with E-state index in [1.165, 1.54) is 25.9 Å². The second kappa shape index (κ2) is 5.07. The van der Waals surface area contributed by atoms with Crippen LogP contribution in [0.4, 0.5) is 0 Å². The van der Waals surface area contributed by atoms with Gasteiger partial charge in [-0.05, 0) is 38.9 Å². The highest BCUT2D eigenvalue weighted by atomic mass is 16.1. The van der Waals surface area contributed by atoms with Gasteiger partial charge in [0.05, 0.1) is 0 Å². The first-order valence-corrected chi connectivity index (χ1v) is 5.59.